The number of benzene rings is 1. The summed E-state index contributed by atoms with van der Waals surface area (Å²) in [6.07, 6.45) is 4.04. The maximum absolute atomic E-state index is 5.81. The number of anilines is 1. The van der Waals surface area contributed by atoms with E-state index in [9.17, 15) is 0 Å². The second-order valence-corrected chi connectivity index (χ2v) is 5.49. The van der Waals surface area contributed by atoms with Crippen molar-refractivity contribution in [2.24, 2.45) is 11.7 Å². The Labute approximate surface area is 121 Å². The van der Waals surface area contributed by atoms with Crippen molar-refractivity contribution in [1.29, 1.82) is 0 Å². The highest BCUT2D eigenvalue weighted by atomic mass is 14.9. The van der Waals surface area contributed by atoms with Gasteiger partial charge < -0.3 is 11.1 Å². The number of rotatable bonds is 3. The van der Waals surface area contributed by atoms with Gasteiger partial charge in [-0.05, 0) is 41.5 Å². The molecule has 3 N–H and O–H groups in total. The molecule has 2 rings (SSSR count). The molecule has 2 heteroatoms. The molecule has 1 aromatic carbocycles. The average Bonchev–Trinajstić information content (AvgIpc) is 2.37. The van der Waals surface area contributed by atoms with E-state index in [4.69, 9.17) is 5.73 Å². The molecule has 0 unspecified atom stereocenters. The molecule has 2 nitrogen and oxygen atoms in total. The first-order valence-corrected chi connectivity index (χ1v) is 6.85. The SMILES string of the molecule is C=C1CC(C)CC(=C)C1=CNc1ccccc1C(=C)N. The van der Waals surface area contributed by atoms with E-state index < -0.39 is 0 Å². The Morgan fingerprint density at radius 3 is 2.45 bits per heavy atom. The molecule has 1 saturated carbocycles. The Hall–Kier alpha value is -2.22. The molecule has 0 aliphatic heterocycles. The lowest BCUT2D eigenvalue weighted by Gasteiger charge is -2.25. The van der Waals surface area contributed by atoms with Gasteiger partial charge in [0.05, 0.1) is 0 Å². The van der Waals surface area contributed by atoms with E-state index in [1.807, 2.05) is 30.5 Å². The summed E-state index contributed by atoms with van der Waals surface area (Å²) in [6, 6.07) is 7.86. The smallest absolute Gasteiger partial charge is 0.0474 e. The first-order chi connectivity index (χ1) is 9.49. The zero-order valence-electron chi connectivity index (χ0n) is 12.1. The highest BCUT2D eigenvalue weighted by Gasteiger charge is 2.19. The fraction of sp³-hybridized carbons (Fsp3) is 0.222. The Bertz CT molecular complexity index is 573. The molecule has 0 aromatic heterocycles. The minimum Gasteiger partial charge on any atom is -0.399 e. The van der Waals surface area contributed by atoms with Crippen LogP contribution in [-0.4, -0.2) is 0 Å². The minimum absolute atomic E-state index is 0.557. The van der Waals surface area contributed by atoms with E-state index >= 15 is 0 Å². The maximum atomic E-state index is 5.81. The largest absolute Gasteiger partial charge is 0.399 e. The standard InChI is InChI=1S/C18H22N2/c1-12-9-13(2)17(14(3)10-12)11-20-18-8-6-5-7-16(18)15(4)19/h5-8,11-12,20H,2-4,9-10,19H2,1H3. The zero-order chi connectivity index (χ0) is 14.7. The van der Waals surface area contributed by atoms with Crippen LogP contribution in [0.4, 0.5) is 5.69 Å². The van der Waals surface area contributed by atoms with E-state index in [-0.39, 0.29) is 0 Å². The number of hydrogen-bond donors (Lipinski definition) is 2. The van der Waals surface area contributed by atoms with Crippen molar-refractivity contribution in [2.45, 2.75) is 19.8 Å². The number of nitrogens with two attached hydrogens (primary N) is 1. The predicted molar refractivity (Wildman–Crippen MR) is 88.0 cm³/mol. The number of allylic oxidation sites excluding steroid dienone is 3. The van der Waals surface area contributed by atoms with Gasteiger partial charge in [-0.1, -0.05) is 44.9 Å². The molecule has 0 atom stereocenters. The van der Waals surface area contributed by atoms with Gasteiger partial charge in [-0.25, -0.2) is 0 Å². The van der Waals surface area contributed by atoms with Gasteiger partial charge in [-0.2, -0.15) is 0 Å². The second kappa shape index (κ2) is 5.83. The van der Waals surface area contributed by atoms with Crippen LogP contribution in [0.25, 0.3) is 5.70 Å². The number of para-hydroxylation sites is 1. The first kappa shape index (κ1) is 14.2. The lowest BCUT2D eigenvalue weighted by molar-refractivity contribution is 0.555. The van der Waals surface area contributed by atoms with Crippen LogP contribution in [0.15, 0.2) is 66.9 Å². The predicted octanol–water partition coefficient (Wildman–Crippen LogP) is 4.45. The van der Waals surface area contributed by atoms with E-state index in [1.165, 1.54) is 0 Å². The van der Waals surface area contributed by atoms with Gasteiger partial charge in [0.15, 0.2) is 0 Å². The molecule has 0 heterocycles. The number of hydrogen-bond acceptors (Lipinski definition) is 2. The van der Waals surface area contributed by atoms with E-state index in [2.05, 4.69) is 32.0 Å². The quantitative estimate of drug-likeness (QED) is 0.848. The molecule has 104 valence electrons. The summed E-state index contributed by atoms with van der Waals surface area (Å²) in [5.74, 6) is 0.628. The van der Waals surface area contributed by atoms with Crippen molar-refractivity contribution >= 4 is 11.4 Å². The third-order valence-electron chi connectivity index (χ3n) is 3.60. The third kappa shape index (κ3) is 3.02. The van der Waals surface area contributed by atoms with Gasteiger partial charge in [-0.15, -0.1) is 0 Å². The molecule has 0 saturated heterocycles. The summed E-state index contributed by atoms with van der Waals surface area (Å²) in [4.78, 5) is 0. The van der Waals surface area contributed by atoms with Gasteiger partial charge in [0.1, 0.15) is 0 Å². The summed E-state index contributed by atoms with van der Waals surface area (Å²) in [6.45, 7) is 14.3. The summed E-state index contributed by atoms with van der Waals surface area (Å²) in [7, 11) is 0. The van der Waals surface area contributed by atoms with Crippen molar-refractivity contribution < 1.29 is 0 Å². The van der Waals surface area contributed by atoms with Crippen LogP contribution in [0.1, 0.15) is 25.3 Å². The highest BCUT2D eigenvalue weighted by Crippen LogP contribution is 2.35. The van der Waals surface area contributed by atoms with Gasteiger partial charge in [0.25, 0.3) is 0 Å². The molecule has 0 bridgehead atoms. The molecule has 1 aliphatic carbocycles. The topological polar surface area (TPSA) is 38.0 Å². The Kier molecular flexibility index (Phi) is 4.14. The molecule has 1 aliphatic rings. The van der Waals surface area contributed by atoms with Crippen LogP contribution in [0, 0.1) is 5.92 Å². The van der Waals surface area contributed by atoms with Crippen LogP contribution in [0.5, 0.6) is 0 Å². The lowest BCUT2D eigenvalue weighted by atomic mass is 9.81. The normalized spacial score (nSPS) is 18.9. The molecular formula is C18H22N2. The summed E-state index contributed by atoms with van der Waals surface area (Å²) < 4.78 is 0. The van der Waals surface area contributed by atoms with Crippen LogP contribution in [-0.2, 0) is 0 Å². The van der Waals surface area contributed by atoms with Crippen LogP contribution in [0.3, 0.4) is 0 Å². The monoisotopic (exact) mass is 266 g/mol. The highest BCUT2D eigenvalue weighted by molar-refractivity contribution is 5.74. The minimum atomic E-state index is 0.557. The van der Waals surface area contributed by atoms with Crippen molar-refractivity contribution in [1.82, 2.24) is 0 Å². The Morgan fingerprint density at radius 2 is 1.85 bits per heavy atom. The summed E-state index contributed by atoms with van der Waals surface area (Å²) in [5.41, 5.74) is 11.6. The van der Waals surface area contributed by atoms with Gasteiger partial charge in [0.2, 0.25) is 0 Å². The fourth-order valence-electron chi connectivity index (χ4n) is 2.63. The zero-order valence-corrected chi connectivity index (χ0v) is 12.1. The third-order valence-corrected chi connectivity index (χ3v) is 3.60. The average molecular weight is 266 g/mol. The van der Waals surface area contributed by atoms with Crippen LogP contribution >= 0.6 is 0 Å². The molecule has 0 amide bonds. The maximum Gasteiger partial charge on any atom is 0.0474 e. The molecule has 1 fully saturated rings. The van der Waals surface area contributed by atoms with Gasteiger partial charge in [-0.3, -0.25) is 0 Å². The van der Waals surface area contributed by atoms with Gasteiger partial charge in [0, 0.05) is 23.1 Å². The summed E-state index contributed by atoms with van der Waals surface area (Å²) in [5, 5.41) is 3.32. The Morgan fingerprint density at radius 1 is 1.25 bits per heavy atom. The Balaban J connectivity index is 2.23. The van der Waals surface area contributed by atoms with Crippen molar-refractivity contribution in [3.05, 3.63) is 72.5 Å². The summed E-state index contributed by atoms with van der Waals surface area (Å²) >= 11 is 0. The molecule has 1 aromatic rings. The molecule has 0 radical (unpaired) electrons. The number of nitrogens with one attached hydrogen (secondary N) is 1. The second-order valence-electron chi connectivity index (χ2n) is 5.49. The van der Waals surface area contributed by atoms with Crippen LogP contribution < -0.4 is 11.1 Å². The molecular weight excluding hydrogens is 244 g/mol. The van der Waals surface area contributed by atoms with E-state index in [0.29, 0.717) is 11.6 Å². The van der Waals surface area contributed by atoms with E-state index in [0.717, 1.165) is 40.8 Å². The fourth-order valence-corrected chi connectivity index (χ4v) is 2.63. The molecule has 20 heavy (non-hydrogen) atoms. The first-order valence-electron chi connectivity index (χ1n) is 6.85. The lowest BCUT2D eigenvalue weighted by Crippen LogP contribution is -2.10. The van der Waals surface area contributed by atoms with E-state index in [1.54, 1.807) is 0 Å². The molecule has 0 spiro atoms. The van der Waals surface area contributed by atoms with Crippen molar-refractivity contribution in [3.8, 4) is 0 Å². The van der Waals surface area contributed by atoms with Crippen molar-refractivity contribution in [3.63, 3.8) is 0 Å². The van der Waals surface area contributed by atoms with Crippen LogP contribution in [0.2, 0.25) is 0 Å². The van der Waals surface area contributed by atoms with Crippen molar-refractivity contribution in [2.75, 3.05) is 5.32 Å². The van der Waals surface area contributed by atoms with Gasteiger partial charge >= 0.3 is 0 Å².